The highest BCUT2D eigenvalue weighted by Crippen LogP contribution is 2.47. The topological polar surface area (TPSA) is 81.4 Å². The van der Waals surface area contributed by atoms with E-state index in [4.69, 9.17) is 4.74 Å². The SMILES string of the molecule is CCOCCCN1C[C@@H](C(=O)N2CCC(c3c[nH]c4ccccc34)(c3c[nH]c4ccccc34)CC2)CC1=O. The van der Waals surface area contributed by atoms with Crippen molar-refractivity contribution in [1.29, 1.82) is 0 Å². The van der Waals surface area contributed by atoms with Gasteiger partial charge in [0.1, 0.15) is 0 Å². The van der Waals surface area contributed by atoms with Crippen molar-refractivity contribution in [3.05, 3.63) is 72.1 Å². The molecule has 0 bridgehead atoms. The molecule has 4 aromatic rings. The van der Waals surface area contributed by atoms with Crippen LogP contribution in [0.5, 0.6) is 0 Å². The third-order valence-electron chi connectivity index (χ3n) is 8.62. The fourth-order valence-electron chi connectivity index (χ4n) is 6.64. The lowest BCUT2D eigenvalue weighted by Crippen LogP contribution is -2.47. The number of aromatic nitrogens is 2. The summed E-state index contributed by atoms with van der Waals surface area (Å²) in [5.41, 5.74) is 4.64. The first kappa shape index (κ1) is 24.7. The number of amides is 2. The molecule has 2 aromatic carbocycles. The van der Waals surface area contributed by atoms with Crippen LogP contribution in [0.3, 0.4) is 0 Å². The lowest BCUT2D eigenvalue weighted by Gasteiger charge is -2.43. The summed E-state index contributed by atoms with van der Waals surface area (Å²) in [5.74, 6) is -0.0378. The van der Waals surface area contributed by atoms with E-state index in [0.29, 0.717) is 45.8 Å². The molecule has 2 aromatic heterocycles. The van der Waals surface area contributed by atoms with Gasteiger partial charge in [0.05, 0.1) is 5.92 Å². The Hall–Kier alpha value is -3.58. The zero-order chi connectivity index (χ0) is 26.1. The number of fused-ring (bicyclic) bond motifs is 2. The fourth-order valence-corrected chi connectivity index (χ4v) is 6.64. The van der Waals surface area contributed by atoms with E-state index in [1.165, 1.54) is 21.9 Å². The highest BCUT2D eigenvalue weighted by atomic mass is 16.5. The van der Waals surface area contributed by atoms with Crippen LogP contribution in [0.1, 0.15) is 43.7 Å². The average Bonchev–Trinajstić information content (AvgIpc) is 3.68. The summed E-state index contributed by atoms with van der Waals surface area (Å²) >= 11 is 0. The minimum absolute atomic E-state index is 0.0868. The number of nitrogens with zero attached hydrogens (tertiary/aromatic N) is 2. The van der Waals surface area contributed by atoms with E-state index >= 15 is 0 Å². The van der Waals surface area contributed by atoms with E-state index in [-0.39, 0.29) is 23.1 Å². The number of rotatable bonds is 8. The standard InChI is InChI=1S/C31H36N4O3/c1-2-38-17-7-14-35-21-22(18-29(35)36)30(37)34-15-12-31(13-16-34,25-19-32-27-10-5-3-8-23(25)27)26-20-33-28-11-6-4-9-24(26)28/h3-6,8-11,19-20,22,32-33H,2,7,12-18,21H2,1H3/t22-/m0/s1. The van der Waals surface area contributed by atoms with Gasteiger partial charge in [-0.3, -0.25) is 9.59 Å². The summed E-state index contributed by atoms with van der Waals surface area (Å²) in [6.07, 6.45) is 7.13. The molecule has 2 aliphatic rings. The quantitative estimate of drug-likeness (QED) is 0.332. The van der Waals surface area contributed by atoms with Crippen LogP contribution >= 0.6 is 0 Å². The molecular weight excluding hydrogens is 476 g/mol. The van der Waals surface area contributed by atoms with Crippen LogP contribution in [0.2, 0.25) is 0 Å². The molecule has 2 N–H and O–H groups in total. The van der Waals surface area contributed by atoms with Crippen LogP contribution in [0.4, 0.5) is 0 Å². The van der Waals surface area contributed by atoms with Gasteiger partial charge in [-0.05, 0) is 49.4 Å². The maximum absolute atomic E-state index is 13.6. The molecule has 4 heterocycles. The van der Waals surface area contributed by atoms with Gasteiger partial charge in [-0.25, -0.2) is 0 Å². The summed E-state index contributed by atoms with van der Waals surface area (Å²) in [5, 5.41) is 2.48. The molecule has 2 saturated heterocycles. The van der Waals surface area contributed by atoms with Crippen LogP contribution in [-0.2, 0) is 19.7 Å². The second-order valence-electron chi connectivity index (χ2n) is 10.7. The van der Waals surface area contributed by atoms with Crippen molar-refractivity contribution in [1.82, 2.24) is 19.8 Å². The molecule has 38 heavy (non-hydrogen) atoms. The average molecular weight is 513 g/mol. The third-order valence-corrected chi connectivity index (χ3v) is 8.62. The Morgan fingerprint density at radius 2 is 1.58 bits per heavy atom. The summed E-state index contributed by atoms with van der Waals surface area (Å²) < 4.78 is 5.41. The summed E-state index contributed by atoms with van der Waals surface area (Å²) in [4.78, 5) is 37.0. The molecule has 0 aliphatic carbocycles. The van der Waals surface area contributed by atoms with E-state index < -0.39 is 0 Å². The van der Waals surface area contributed by atoms with Gasteiger partial charge in [0, 0.05) is 85.4 Å². The Kier molecular flexibility index (Phi) is 6.70. The number of para-hydroxylation sites is 2. The van der Waals surface area contributed by atoms with Crippen LogP contribution in [0, 0.1) is 5.92 Å². The molecule has 1 atom stereocenters. The largest absolute Gasteiger partial charge is 0.382 e. The number of carbonyl (C=O) groups excluding carboxylic acids is 2. The molecule has 7 heteroatoms. The van der Waals surface area contributed by atoms with Crippen LogP contribution < -0.4 is 0 Å². The summed E-state index contributed by atoms with van der Waals surface area (Å²) in [7, 11) is 0. The van der Waals surface area contributed by atoms with E-state index in [0.717, 1.165) is 30.3 Å². The first-order chi connectivity index (χ1) is 18.6. The number of hydrogen-bond donors (Lipinski definition) is 2. The van der Waals surface area contributed by atoms with Crippen molar-refractivity contribution >= 4 is 33.6 Å². The molecule has 198 valence electrons. The maximum Gasteiger partial charge on any atom is 0.227 e. The monoisotopic (exact) mass is 512 g/mol. The lowest BCUT2D eigenvalue weighted by atomic mass is 9.67. The number of ether oxygens (including phenoxy) is 1. The Labute approximate surface area is 223 Å². The van der Waals surface area contributed by atoms with Gasteiger partial charge in [0.15, 0.2) is 0 Å². The predicted octanol–water partition coefficient (Wildman–Crippen LogP) is 4.83. The van der Waals surface area contributed by atoms with Crippen LogP contribution in [0.25, 0.3) is 21.8 Å². The van der Waals surface area contributed by atoms with Crippen molar-refractivity contribution in [2.75, 3.05) is 39.4 Å². The molecule has 0 saturated carbocycles. The van der Waals surface area contributed by atoms with Crippen molar-refractivity contribution in [3.8, 4) is 0 Å². The highest BCUT2D eigenvalue weighted by Gasteiger charge is 2.44. The second kappa shape index (κ2) is 10.3. The molecule has 0 spiro atoms. The molecule has 0 radical (unpaired) electrons. The highest BCUT2D eigenvalue weighted by molar-refractivity contribution is 5.91. The maximum atomic E-state index is 13.6. The molecule has 0 unspecified atom stereocenters. The molecule has 2 amide bonds. The zero-order valence-electron chi connectivity index (χ0n) is 22.0. The zero-order valence-corrected chi connectivity index (χ0v) is 22.0. The Morgan fingerprint density at radius 1 is 0.974 bits per heavy atom. The minimum Gasteiger partial charge on any atom is -0.382 e. The molecule has 2 aliphatic heterocycles. The van der Waals surface area contributed by atoms with Gasteiger partial charge in [0.2, 0.25) is 11.8 Å². The van der Waals surface area contributed by atoms with Gasteiger partial charge in [-0.2, -0.15) is 0 Å². The van der Waals surface area contributed by atoms with Gasteiger partial charge < -0.3 is 24.5 Å². The number of H-pyrrole nitrogens is 2. The predicted molar refractivity (Wildman–Crippen MR) is 149 cm³/mol. The number of likely N-dealkylation sites (tertiary alicyclic amines) is 2. The van der Waals surface area contributed by atoms with Crippen LogP contribution in [-0.4, -0.2) is 71.0 Å². The number of benzene rings is 2. The minimum atomic E-state index is -0.247. The molecule has 6 rings (SSSR count). The number of aromatic amines is 2. The van der Waals surface area contributed by atoms with E-state index in [2.05, 4.69) is 70.9 Å². The molecular formula is C31H36N4O3. The van der Waals surface area contributed by atoms with Crippen molar-refractivity contribution in [2.45, 2.75) is 38.0 Å². The Bertz CT molecular complexity index is 1370. The second-order valence-corrected chi connectivity index (χ2v) is 10.7. The number of nitrogens with one attached hydrogen (secondary N) is 2. The van der Waals surface area contributed by atoms with Gasteiger partial charge in [0.25, 0.3) is 0 Å². The molecule has 7 nitrogen and oxygen atoms in total. The van der Waals surface area contributed by atoms with E-state index in [1.807, 2.05) is 16.7 Å². The number of piperidine rings is 1. The number of hydrogen-bond acceptors (Lipinski definition) is 3. The molecule has 2 fully saturated rings. The van der Waals surface area contributed by atoms with Crippen LogP contribution in [0.15, 0.2) is 60.9 Å². The van der Waals surface area contributed by atoms with E-state index in [1.54, 1.807) is 0 Å². The first-order valence-electron chi connectivity index (χ1n) is 13.9. The van der Waals surface area contributed by atoms with Crippen molar-refractivity contribution < 1.29 is 14.3 Å². The first-order valence-corrected chi connectivity index (χ1v) is 13.9. The van der Waals surface area contributed by atoms with Gasteiger partial charge in [-0.15, -0.1) is 0 Å². The third kappa shape index (κ3) is 4.29. The summed E-state index contributed by atoms with van der Waals surface area (Å²) in [6.45, 7) is 5.83. The smallest absolute Gasteiger partial charge is 0.227 e. The fraction of sp³-hybridized carbons (Fsp3) is 0.419. The van der Waals surface area contributed by atoms with Gasteiger partial charge in [-0.1, -0.05) is 36.4 Å². The normalized spacial score (nSPS) is 19.6. The lowest BCUT2D eigenvalue weighted by molar-refractivity contribution is -0.137. The van der Waals surface area contributed by atoms with Crippen molar-refractivity contribution in [3.63, 3.8) is 0 Å². The summed E-state index contributed by atoms with van der Waals surface area (Å²) in [6, 6.07) is 16.9. The Morgan fingerprint density at radius 3 is 2.18 bits per heavy atom. The van der Waals surface area contributed by atoms with Gasteiger partial charge >= 0.3 is 0 Å². The number of carbonyl (C=O) groups is 2. The Balaban J connectivity index is 1.24. The van der Waals surface area contributed by atoms with Crippen molar-refractivity contribution in [2.24, 2.45) is 5.92 Å². The van der Waals surface area contributed by atoms with E-state index in [9.17, 15) is 9.59 Å².